The molecule has 0 aliphatic carbocycles. The highest BCUT2D eigenvalue weighted by Crippen LogP contribution is 2.18. The summed E-state index contributed by atoms with van der Waals surface area (Å²) in [6, 6.07) is 0.00775. The molecule has 5 nitrogen and oxygen atoms in total. The highest BCUT2D eigenvalue weighted by molar-refractivity contribution is 7.88. The Kier molecular flexibility index (Phi) is 4.94. The molecule has 100 valence electrons. The fourth-order valence-electron chi connectivity index (χ4n) is 2.08. The number of carbonyl (C=O) groups excluding carboxylic acids is 1. The van der Waals surface area contributed by atoms with E-state index in [0.717, 1.165) is 32.1 Å². The minimum absolute atomic E-state index is 0.00775. The summed E-state index contributed by atoms with van der Waals surface area (Å²) in [5, 5.41) is 0. The molecule has 1 fully saturated rings. The standard InChI is InChI=1S/C11H22N2O3S/c1-9(2)11(14)13-7-5-4-6-10(13)8-12-17(3,15)16/h9-10,12H,4-8H2,1-3H3. The van der Waals surface area contributed by atoms with Gasteiger partial charge in [0.05, 0.1) is 6.26 Å². The second-order valence-corrected chi connectivity index (χ2v) is 6.79. The zero-order valence-electron chi connectivity index (χ0n) is 10.8. The minimum Gasteiger partial charge on any atom is -0.338 e. The molecule has 1 saturated heterocycles. The molecule has 0 bridgehead atoms. The first-order chi connectivity index (χ1) is 7.81. The molecule has 1 heterocycles. The Morgan fingerprint density at radius 2 is 2.06 bits per heavy atom. The zero-order chi connectivity index (χ0) is 13.1. The van der Waals surface area contributed by atoms with Crippen molar-refractivity contribution in [3.63, 3.8) is 0 Å². The van der Waals surface area contributed by atoms with Crippen LogP contribution in [0.3, 0.4) is 0 Å². The number of amides is 1. The molecule has 0 aromatic carbocycles. The maximum absolute atomic E-state index is 12.0. The van der Waals surface area contributed by atoms with Gasteiger partial charge in [0, 0.05) is 25.0 Å². The molecule has 1 aliphatic rings. The molecule has 0 saturated carbocycles. The Morgan fingerprint density at radius 1 is 1.41 bits per heavy atom. The number of hydrogen-bond donors (Lipinski definition) is 1. The third-order valence-corrected chi connectivity index (χ3v) is 3.68. The molecule has 1 amide bonds. The number of nitrogens with one attached hydrogen (secondary N) is 1. The molecule has 0 aromatic heterocycles. The number of piperidine rings is 1. The SMILES string of the molecule is CC(C)C(=O)N1CCCCC1CNS(C)(=O)=O. The van der Waals surface area contributed by atoms with Crippen molar-refractivity contribution in [2.45, 2.75) is 39.2 Å². The minimum atomic E-state index is -3.18. The fourth-order valence-corrected chi connectivity index (χ4v) is 2.58. The molecule has 0 spiro atoms. The topological polar surface area (TPSA) is 66.5 Å². The maximum atomic E-state index is 12.0. The van der Waals surface area contributed by atoms with E-state index in [-0.39, 0.29) is 17.9 Å². The summed E-state index contributed by atoms with van der Waals surface area (Å²) in [6.07, 6.45) is 4.08. The van der Waals surface area contributed by atoms with Crippen molar-refractivity contribution in [1.29, 1.82) is 0 Å². The van der Waals surface area contributed by atoms with Gasteiger partial charge in [0.25, 0.3) is 0 Å². The van der Waals surface area contributed by atoms with Gasteiger partial charge in [0.15, 0.2) is 0 Å². The van der Waals surface area contributed by atoms with E-state index in [1.165, 1.54) is 0 Å². The van der Waals surface area contributed by atoms with Crippen LogP contribution in [0.5, 0.6) is 0 Å². The van der Waals surface area contributed by atoms with Gasteiger partial charge in [-0.25, -0.2) is 13.1 Å². The van der Waals surface area contributed by atoms with Gasteiger partial charge in [-0.05, 0) is 19.3 Å². The van der Waals surface area contributed by atoms with Crippen LogP contribution in [0.4, 0.5) is 0 Å². The summed E-state index contributed by atoms with van der Waals surface area (Å²) in [5.74, 6) is 0.0823. The molecular weight excluding hydrogens is 240 g/mol. The van der Waals surface area contributed by atoms with Gasteiger partial charge < -0.3 is 4.90 Å². The second-order valence-electron chi connectivity index (χ2n) is 4.96. The van der Waals surface area contributed by atoms with Crippen molar-refractivity contribution < 1.29 is 13.2 Å². The molecule has 1 atom stereocenters. The lowest BCUT2D eigenvalue weighted by Crippen LogP contribution is -2.50. The molecule has 0 aromatic rings. The first-order valence-corrected chi connectivity index (χ1v) is 7.95. The first kappa shape index (κ1) is 14.4. The van der Waals surface area contributed by atoms with E-state index >= 15 is 0 Å². The lowest BCUT2D eigenvalue weighted by atomic mass is 10.0. The van der Waals surface area contributed by atoms with Crippen LogP contribution in [0, 0.1) is 5.92 Å². The number of hydrogen-bond acceptors (Lipinski definition) is 3. The quantitative estimate of drug-likeness (QED) is 0.805. The number of carbonyl (C=O) groups is 1. The van der Waals surface area contributed by atoms with Gasteiger partial charge in [-0.2, -0.15) is 0 Å². The van der Waals surface area contributed by atoms with Crippen LogP contribution in [0.2, 0.25) is 0 Å². The summed E-state index contributed by atoms with van der Waals surface area (Å²) in [4.78, 5) is 13.8. The van der Waals surface area contributed by atoms with E-state index in [2.05, 4.69) is 4.72 Å². The monoisotopic (exact) mass is 262 g/mol. The van der Waals surface area contributed by atoms with Crippen molar-refractivity contribution >= 4 is 15.9 Å². The van der Waals surface area contributed by atoms with Crippen molar-refractivity contribution in [2.24, 2.45) is 5.92 Å². The Morgan fingerprint density at radius 3 is 2.59 bits per heavy atom. The summed E-state index contributed by atoms with van der Waals surface area (Å²) < 4.78 is 24.6. The Labute approximate surface area is 104 Å². The van der Waals surface area contributed by atoms with Crippen LogP contribution in [-0.4, -0.2) is 44.6 Å². The van der Waals surface area contributed by atoms with E-state index in [1.54, 1.807) is 0 Å². The van der Waals surface area contributed by atoms with E-state index in [0.29, 0.717) is 6.54 Å². The highest BCUT2D eigenvalue weighted by Gasteiger charge is 2.28. The lowest BCUT2D eigenvalue weighted by molar-refractivity contribution is -0.138. The van der Waals surface area contributed by atoms with E-state index < -0.39 is 10.0 Å². The van der Waals surface area contributed by atoms with Crippen molar-refractivity contribution in [2.75, 3.05) is 19.3 Å². The zero-order valence-corrected chi connectivity index (χ0v) is 11.6. The molecule has 0 radical (unpaired) electrons. The average Bonchev–Trinajstić information content (AvgIpc) is 2.24. The molecule has 1 rings (SSSR count). The maximum Gasteiger partial charge on any atom is 0.225 e. The van der Waals surface area contributed by atoms with Gasteiger partial charge in [0.2, 0.25) is 15.9 Å². The van der Waals surface area contributed by atoms with Crippen molar-refractivity contribution in [3.05, 3.63) is 0 Å². The number of likely N-dealkylation sites (tertiary alicyclic amines) is 1. The third kappa shape index (κ3) is 4.63. The van der Waals surface area contributed by atoms with Crippen LogP contribution in [0.15, 0.2) is 0 Å². The Hall–Kier alpha value is -0.620. The largest absolute Gasteiger partial charge is 0.338 e. The number of sulfonamides is 1. The third-order valence-electron chi connectivity index (χ3n) is 2.99. The van der Waals surface area contributed by atoms with Gasteiger partial charge in [-0.1, -0.05) is 13.8 Å². The van der Waals surface area contributed by atoms with Gasteiger partial charge in [0.1, 0.15) is 0 Å². The highest BCUT2D eigenvalue weighted by atomic mass is 32.2. The smallest absolute Gasteiger partial charge is 0.225 e. The molecular formula is C11H22N2O3S. The molecule has 1 aliphatic heterocycles. The molecule has 6 heteroatoms. The summed E-state index contributed by atoms with van der Waals surface area (Å²) in [5.41, 5.74) is 0. The van der Waals surface area contributed by atoms with Crippen LogP contribution in [-0.2, 0) is 14.8 Å². The van der Waals surface area contributed by atoms with E-state index in [4.69, 9.17) is 0 Å². The van der Waals surface area contributed by atoms with Gasteiger partial charge in [-0.15, -0.1) is 0 Å². The average molecular weight is 262 g/mol. The van der Waals surface area contributed by atoms with Crippen LogP contribution >= 0.6 is 0 Å². The fraction of sp³-hybridized carbons (Fsp3) is 0.909. The number of rotatable bonds is 4. The Bertz CT molecular complexity index is 365. The predicted octanol–water partition coefficient (Wildman–Crippen LogP) is 0.573. The van der Waals surface area contributed by atoms with Gasteiger partial charge >= 0.3 is 0 Å². The van der Waals surface area contributed by atoms with E-state index in [9.17, 15) is 13.2 Å². The van der Waals surface area contributed by atoms with Crippen LogP contribution in [0.25, 0.3) is 0 Å². The second kappa shape index (κ2) is 5.82. The normalized spacial score (nSPS) is 21.9. The molecule has 1 N–H and O–H groups in total. The Balaban J connectivity index is 2.63. The lowest BCUT2D eigenvalue weighted by Gasteiger charge is -2.36. The summed E-state index contributed by atoms with van der Waals surface area (Å²) in [6.45, 7) is 4.82. The van der Waals surface area contributed by atoms with Crippen molar-refractivity contribution in [3.8, 4) is 0 Å². The van der Waals surface area contributed by atoms with Crippen LogP contribution in [0.1, 0.15) is 33.1 Å². The summed E-state index contributed by atoms with van der Waals surface area (Å²) in [7, 11) is -3.18. The van der Waals surface area contributed by atoms with Crippen molar-refractivity contribution in [1.82, 2.24) is 9.62 Å². The molecule has 1 unspecified atom stereocenters. The molecule has 17 heavy (non-hydrogen) atoms. The number of nitrogens with zero attached hydrogens (tertiary/aromatic N) is 1. The summed E-state index contributed by atoms with van der Waals surface area (Å²) >= 11 is 0. The van der Waals surface area contributed by atoms with Crippen LogP contribution < -0.4 is 4.72 Å². The first-order valence-electron chi connectivity index (χ1n) is 6.06. The van der Waals surface area contributed by atoms with Gasteiger partial charge in [-0.3, -0.25) is 4.79 Å². The van der Waals surface area contributed by atoms with E-state index in [1.807, 2.05) is 18.7 Å². The predicted molar refractivity (Wildman–Crippen MR) is 67.0 cm³/mol.